The van der Waals surface area contributed by atoms with Crippen LogP contribution in [-0.2, 0) is 31.1 Å². The molecule has 10 heteroatoms. The van der Waals surface area contributed by atoms with E-state index in [0.717, 1.165) is 42.3 Å². The molecule has 0 aliphatic rings. The van der Waals surface area contributed by atoms with Crippen LogP contribution in [0.1, 0.15) is 19.3 Å². The van der Waals surface area contributed by atoms with E-state index in [4.69, 9.17) is 0 Å². The topological polar surface area (TPSA) is 98.7 Å². The van der Waals surface area contributed by atoms with Crippen LogP contribution in [0.2, 0.25) is 0 Å². The molecule has 0 N–H and O–H groups in total. The molecule has 0 fully saturated rings. The molecule has 6 nitrogen and oxygen atoms in total. The molecule has 19 heavy (non-hydrogen) atoms. The molecule has 0 amide bonds. The third-order valence-electron chi connectivity index (χ3n) is 1.80. The second kappa shape index (κ2) is 15.2. The molecule has 0 bridgehead atoms. The van der Waals surface area contributed by atoms with Crippen LogP contribution >= 0.6 is 23.5 Å². The normalized spacial score (nSPS) is 14.4. The maximum Gasteiger partial charge on any atom is 0.0842 e. The summed E-state index contributed by atoms with van der Waals surface area (Å²) in [6, 6.07) is 0. The zero-order valence-electron chi connectivity index (χ0n) is 10.4. The Labute approximate surface area is 127 Å². The summed E-state index contributed by atoms with van der Waals surface area (Å²) in [6.07, 6.45) is 2.54. The van der Waals surface area contributed by atoms with Crippen molar-refractivity contribution in [3.05, 3.63) is 0 Å². The molecular formula is C9H18O6S4-2. The van der Waals surface area contributed by atoms with E-state index in [1.165, 1.54) is 0 Å². The minimum Gasteiger partial charge on any atom is -0.750 e. The molecule has 2 atom stereocenters. The number of rotatable bonds is 14. The van der Waals surface area contributed by atoms with Gasteiger partial charge in [0.05, 0.1) is 35.9 Å². The lowest BCUT2D eigenvalue weighted by Crippen LogP contribution is -2.00. The van der Waals surface area contributed by atoms with E-state index < -0.39 is 22.7 Å². The average Bonchev–Trinajstić information content (AvgIpc) is 2.34. The fourth-order valence-corrected chi connectivity index (χ4v) is 3.48. The summed E-state index contributed by atoms with van der Waals surface area (Å²) in [7, 11) is 0. The second-order valence-corrected chi connectivity index (χ2v) is 7.07. The van der Waals surface area contributed by atoms with Crippen molar-refractivity contribution < 1.29 is 25.9 Å². The van der Waals surface area contributed by atoms with E-state index in [2.05, 4.69) is 8.37 Å². The smallest absolute Gasteiger partial charge is 0.0842 e. The molecule has 0 saturated heterocycles. The van der Waals surface area contributed by atoms with Gasteiger partial charge in [-0.15, -0.1) is 0 Å². The van der Waals surface area contributed by atoms with E-state index in [1.54, 1.807) is 23.5 Å². The first-order valence-electron chi connectivity index (χ1n) is 5.73. The maximum absolute atomic E-state index is 10.0. The van der Waals surface area contributed by atoms with Gasteiger partial charge in [0, 0.05) is 0 Å². The van der Waals surface area contributed by atoms with Gasteiger partial charge in [0.1, 0.15) is 0 Å². The van der Waals surface area contributed by atoms with Crippen molar-refractivity contribution in [3.8, 4) is 0 Å². The molecule has 0 saturated carbocycles. The summed E-state index contributed by atoms with van der Waals surface area (Å²) >= 11 is -1.24. The Balaban J connectivity index is 2.99. The van der Waals surface area contributed by atoms with E-state index in [0.29, 0.717) is 0 Å². The quantitative estimate of drug-likeness (QED) is 0.341. The van der Waals surface area contributed by atoms with Gasteiger partial charge in [-0.05, 0) is 42.3 Å². The molecule has 2 unspecified atom stereocenters. The molecule has 0 aliphatic heterocycles. The molecule has 0 heterocycles. The standard InChI is InChI=1S/C9H20O6S4/c10-18(11)14-4-1-6-16-8-3-9-17-7-2-5-15-19(12)13/h1-9H2,(H,10,11)(H,12,13)/p-2. The zero-order chi connectivity index (χ0) is 14.3. The molecular weight excluding hydrogens is 332 g/mol. The Morgan fingerprint density at radius 3 is 1.47 bits per heavy atom. The van der Waals surface area contributed by atoms with Crippen LogP contribution in [0.25, 0.3) is 0 Å². The predicted octanol–water partition coefficient (Wildman–Crippen LogP) is 1.24. The van der Waals surface area contributed by atoms with Crippen molar-refractivity contribution in [1.82, 2.24) is 0 Å². The van der Waals surface area contributed by atoms with Gasteiger partial charge in [0.25, 0.3) is 0 Å². The molecule has 0 rings (SSSR count). The van der Waals surface area contributed by atoms with Gasteiger partial charge < -0.3 is 17.5 Å². The summed E-state index contributed by atoms with van der Waals surface area (Å²) < 4.78 is 48.9. The Kier molecular flexibility index (Phi) is 15.9. The van der Waals surface area contributed by atoms with Gasteiger partial charge in [0.15, 0.2) is 0 Å². The largest absolute Gasteiger partial charge is 0.750 e. The Hall–Kier alpha value is 0.840. The SMILES string of the molecule is O=S([O-])OCCCSCCCSCCCOS(=O)[O-]. The first-order chi connectivity index (χ1) is 9.13. The van der Waals surface area contributed by atoms with Crippen molar-refractivity contribution in [1.29, 1.82) is 0 Å². The lowest BCUT2D eigenvalue weighted by molar-refractivity contribution is 0.301. The van der Waals surface area contributed by atoms with Crippen LogP contribution in [0.4, 0.5) is 0 Å². The average molecular weight is 351 g/mol. The lowest BCUT2D eigenvalue weighted by atomic mass is 10.5. The van der Waals surface area contributed by atoms with E-state index >= 15 is 0 Å². The fraction of sp³-hybridized carbons (Fsp3) is 1.00. The third-order valence-corrected chi connectivity index (χ3v) is 4.83. The van der Waals surface area contributed by atoms with Crippen molar-refractivity contribution in [3.63, 3.8) is 0 Å². The highest BCUT2D eigenvalue weighted by atomic mass is 32.2. The van der Waals surface area contributed by atoms with Gasteiger partial charge in [0.2, 0.25) is 0 Å². The monoisotopic (exact) mass is 350 g/mol. The number of thioether (sulfide) groups is 2. The van der Waals surface area contributed by atoms with Crippen LogP contribution in [0, 0.1) is 0 Å². The fourth-order valence-electron chi connectivity index (χ4n) is 1.04. The van der Waals surface area contributed by atoms with Crippen LogP contribution in [0.5, 0.6) is 0 Å². The Bertz CT molecular complexity index is 229. The van der Waals surface area contributed by atoms with Crippen molar-refractivity contribution >= 4 is 46.2 Å². The highest BCUT2D eigenvalue weighted by Crippen LogP contribution is 2.10. The lowest BCUT2D eigenvalue weighted by Gasteiger charge is -2.06. The van der Waals surface area contributed by atoms with Gasteiger partial charge in [-0.1, -0.05) is 0 Å². The van der Waals surface area contributed by atoms with Crippen LogP contribution < -0.4 is 0 Å². The predicted molar refractivity (Wildman–Crippen MR) is 78.2 cm³/mol. The maximum atomic E-state index is 10.0. The Morgan fingerprint density at radius 1 is 0.737 bits per heavy atom. The summed E-state index contributed by atoms with van der Waals surface area (Å²) in [5, 5.41) is 0. The summed E-state index contributed by atoms with van der Waals surface area (Å²) in [6.45, 7) is 0.498. The molecule has 0 spiro atoms. The summed E-state index contributed by atoms with van der Waals surface area (Å²) in [4.78, 5) is 0. The van der Waals surface area contributed by atoms with Gasteiger partial charge in [-0.2, -0.15) is 23.5 Å². The second-order valence-electron chi connectivity index (χ2n) is 3.34. The van der Waals surface area contributed by atoms with Gasteiger partial charge >= 0.3 is 0 Å². The molecule has 0 aromatic heterocycles. The molecule has 0 radical (unpaired) electrons. The van der Waals surface area contributed by atoms with Crippen LogP contribution in [0.3, 0.4) is 0 Å². The van der Waals surface area contributed by atoms with Gasteiger partial charge in [-0.25, -0.2) is 8.42 Å². The minimum absolute atomic E-state index is 0.249. The Morgan fingerprint density at radius 2 is 1.11 bits per heavy atom. The van der Waals surface area contributed by atoms with Crippen LogP contribution in [0.15, 0.2) is 0 Å². The summed E-state index contributed by atoms with van der Waals surface area (Å²) in [5.41, 5.74) is 0. The first kappa shape index (κ1) is 19.8. The van der Waals surface area contributed by atoms with Crippen molar-refractivity contribution in [2.24, 2.45) is 0 Å². The van der Waals surface area contributed by atoms with E-state index in [-0.39, 0.29) is 13.2 Å². The first-order valence-corrected chi connectivity index (χ1v) is 10.0. The third kappa shape index (κ3) is 18.8. The molecule has 0 aliphatic carbocycles. The highest BCUT2D eigenvalue weighted by molar-refractivity contribution is 8.00. The van der Waals surface area contributed by atoms with Crippen LogP contribution in [-0.4, -0.2) is 53.7 Å². The molecule has 0 aromatic rings. The van der Waals surface area contributed by atoms with Crippen molar-refractivity contribution in [2.45, 2.75) is 19.3 Å². The molecule has 0 aromatic carbocycles. The van der Waals surface area contributed by atoms with Gasteiger partial charge in [-0.3, -0.25) is 0 Å². The molecule has 116 valence electrons. The van der Waals surface area contributed by atoms with Crippen molar-refractivity contribution in [2.75, 3.05) is 36.2 Å². The highest BCUT2D eigenvalue weighted by Gasteiger charge is 1.94. The summed E-state index contributed by atoms with van der Waals surface area (Å²) in [5.74, 6) is 3.86. The van der Waals surface area contributed by atoms with E-state index in [9.17, 15) is 17.5 Å². The number of hydrogen-bond acceptors (Lipinski definition) is 8. The van der Waals surface area contributed by atoms with E-state index in [1.807, 2.05) is 0 Å². The number of hydrogen-bond donors (Lipinski definition) is 0. The minimum atomic E-state index is -2.39. The zero-order valence-corrected chi connectivity index (χ0v) is 13.7.